The van der Waals surface area contributed by atoms with Crippen LogP contribution in [0, 0.1) is 18.3 Å². The Kier molecular flexibility index (Phi) is 3.87. The predicted molar refractivity (Wildman–Crippen MR) is 66.1 cm³/mol. The number of amides is 1. The van der Waals surface area contributed by atoms with Crippen molar-refractivity contribution in [2.24, 2.45) is 11.3 Å². The molecule has 0 radical (unpaired) electrons. The van der Waals surface area contributed by atoms with E-state index in [-0.39, 0.29) is 0 Å². The highest BCUT2D eigenvalue weighted by molar-refractivity contribution is 7.13. The lowest BCUT2D eigenvalue weighted by atomic mass is 9.80. The number of nitrogens with zero attached hydrogens (tertiary/aromatic N) is 1. The minimum Gasteiger partial charge on any atom is -0.481 e. The molecule has 0 aliphatic carbocycles. The molecule has 0 aliphatic rings. The number of carboxylic acid groups (broad SMARTS) is 1. The van der Waals surface area contributed by atoms with E-state index < -0.39 is 23.2 Å². The normalized spacial score (nSPS) is 13.2. The number of aliphatic carboxylic acids is 1. The van der Waals surface area contributed by atoms with Crippen LogP contribution in [-0.2, 0) is 9.59 Å². The van der Waals surface area contributed by atoms with Crippen molar-refractivity contribution in [3.63, 3.8) is 0 Å². The van der Waals surface area contributed by atoms with E-state index in [4.69, 9.17) is 5.11 Å². The number of hydrogen-bond acceptors (Lipinski definition) is 4. The first-order chi connectivity index (χ1) is 7.71. The summed E-state index contributed by atoms with van der Waals surface area (Å²) in [5.74, 6) is -2.74. The van der Waals surface area contributed by atoms with Gasteiger partial charge >= 0.3 is 5.97 Å². The Morgan fingerprint density at radius 2 is 2.06 bits per heavy atom. The summed E-state index contributed by atoms with van der Waals surface area (Å²) in [6.07, 6.45) is 0. The molecule has 94 valence electrons. The van der Waals surface area contributed by atoms with Crippen LogP contribution in [0.2, 0.25) is 0 Å². The van der Waals surface area contributed by atoms with Crippen LogP contribution in [0.25, 0.3) is 0 Å². The van der Waals surface area contributed by atoms with E-state index in [9.17, 15) is 9.59 Å². The largest absolute Gasteiger partial charge is 0.481 e. The maximum atomic E-state index is 11.9. The van der Waals surface area contributed by atoms with Gasteiger partial charge in [-0.1, -0.05) is 20.8 Å². The van der Waals surface area contributed by atoms with Gasteiger partial charge in [-0.05, 0) is 12.3 Å². The highest BCUT2D eigenvalue weighted by atomic mass is 32.1. The molecule has 2 N–H and O–H groups in total. The Bertz CT molecular complexity index is 434. The van der Waals surface area contributed by atoms with Crippen LogP contribution >= 0.6 is 11.3 Å². The zero-order valence-corrected chi connectivity index (χ0v) is 11.1. The van der Waals surface area contributed by atoms with E-state index in [1.807, 2.05) is 6.92 Å². The van der Waals surface area contributed by atoms with Crippen molar-refractivity contribution < 1.29 is 14.7 Å². The van der Waals surface area contributed by atoms with Crippen LogP contribution in [0.1, 0.15) is 26.5 Å². The number of nitrogens with one attached hydrogen (secondary N) is 1. The molecule has 0 fully saturated rings. The number of carbonyl (C=O) groups excluding carboxylic acids is 1. The van der Waals surface area contributed by atoms with Crippen molar-refractivity contribution in [3.05, 3.63) is 11.1 Å². The van der Waals surface area contributed by atoms with Crippen LogP contribution in [0.5, 0.6) is 0 Å². The lowest BCUT2D eigenvalue weighted by molar-refractivity contribution is -0.149. The zero-order chi connectivity index (χ0) is 13.2. The van der Waals surface area contributed by atoms with Gasteiger partial charge in [-0.25, -0.2) is 4.98 Å². The van der Waals surface area contributed by atoms with Gasteiger partial charge in [0.2, 0.25) is 5.91 Å². The van der Waals surface area contributed by atoms with Gasteiger partial charge in [0.05, 0.1) is 5.69 Å². The molecule has 1 heterocycles. The second-order valence-corrected chi connectivity index (χ2v) is 5.78. The van der Waals surface area contributed by atoms with Crippen molar-refractivity contribution >= 4 is 28.3 Å². The van der Waals surface area contributed by atoms with Crippen molar-refractivity contribution in [3.8, 4) is 0 Å². The number of hydrogen-bond donors (Lipinski definition) is 2. The third-order valence-electron chi connectivity index (χ3n) is 2.22. The molecule has 0 saturated carbocycles. The highest BCUT2D eigenvalue weighted by Gasteiger charge is 2.37. The first-order valence-electron chi connectivity index (χ1n) is 5.17. The summed E-state index contributed by atoms with van der Waals surface area (Å²) in [4.78, 5) is 27.1. The Balaban J connectivity index is 2.84. The fourth-order valence-electron chi connectivity index (χ4n) is 1.46. The summed E-state index contributed by atoms with van der Waals surface area (Å²) in [6, 6.07) is 0. The molecule has 1 aromatic rings. The number of aromatic nitrogens is 1. The fraction of sp³-hybridized carbons (Fsp3) is 0.545. The number of thiazole rings is 1. The maximum Gasteiger partial charge on any atom is 0.316 e. The standard InChI is InChI=1S/C11H16N2O3S/c1-6-5-17-10(12-6)13-8(14)7(9(15)16)11(2,3)4/h5,7H,1-4H3,(H,15,16)(H,12,13,14). The van der Waals surface area contributed by atoms with E-state index in [1.54, 1.807) is 26.2 Å². The summed E-state index contributed by atoms with van der Waals surface area (Å²) >= 11 is 1.28. The van der Waals surface area contributed by atoms with Crippen molar-refractivity contribution in [1.82, 2.24) is 4.98 Å². The van der Waals surface area contributed by atoms with Crippen LogP contribution in [0.3, 0.4) is 0 Å². The lowest BCUT2D eigenvalue weighted by Gasteiger charge is -2.25. The van der Waals surface area contributed by atoms with Crippen molar-refractivity contribution in [2.75, 3.05) is 5.32 Å². The molecule has 0 aliphatic heterocycles. The minimum atomic E-state index is -1.12. The summed E-state index contributed by atoms with van der Waals surface area (Å²) < 4.78 is 0. The molecule has 0 bridgehead atoms. The Labute approximate surface area is 104 Å². The van der Waals surface area contributed by atoms with Crippen molar-refractivity contribution in [2.45, 2.75) is 27.7 Å². The molecule has 1 aromatic heterocycles. The van der Waals surface area contributed by atoms with E-state index in [2.05, 4.69) is 10.3 Å². The lowest BCUT2D eigenvalue weighted by Crippen LogP contribution is -2.39. The molecule has 5 nitrogen and oxygen atoms in total. The van der Waals surface area contributed by atoms with Gasteiger partial charge in [-0.15, -0.1) is 11.3 Å². The minimum absolute atomic E-state index is 0.433. The average molecular weight is 256 g/mol. The second-order valence-electron chi connectivity index (χ2n) is 4.92. The quantitative estimate of drug-likeness (QED) is 0.812. The smallest absolute Gasteiger partial charge is 0.316 e. The first kappa shape index (κ1) is 13.6. The van der Waals surface area contributed by atoms with Gasteiger partial charge in [0.1, 0.15) is 5.92 Å². The summed E-state index contributed by atoms with van der Waals surface area (Å²) in [5.41, 5.74) is 0.162. The Morgan fingerprint density at radius 1 is 1.47 bits per heavy atom. The summed E-state index contributed by atoms with van der Waals surface area (Å²) in [5, 5.41) is 13.9. The van der Waals surface area contributed by atoms with E-state index >= 15 is 0 Å². The first-order valence-corrected chi connectivity index (χ1v) is 6.05. The van der Waals surface area contributed by atoms with Gasteiger partial charge < -0.3 is 10.4 Å². The van der Waals surface area contributed by atoms with Gasteiger partial charge in [0.25, 0.3) is 0 Å². The van der Waals surface area contributed by atoms with Crippen LogP contribution in [0.15, 0.2) is 5.38 Å². The highest BCUT2D eigenvalue weighted by Crippen LogP contribution is 2.28. The molecular formula is C11H16N2O3S. The molecule has 0 aromatic carbocycles. The predicted octanol–water partition coefficient (Wildman–Crippen LogP) is 2.14. The van der Waals surface area contributed by atoms with Gasteiger partial charge in [-0.3, -0.25) is 9.59 Å². The van der Waals surface area contributed by atoms with Crippen molar-refractivity contribution in [1.29, 1.82) is 0 Å². The number of aryl methyl sites for hydroxylation is 1. The summed E-state index contributed by atoms with van der Waals surface area (Å²) in [7, 11) is 0. The van der Waals surface area contributed by atoms with Gasteiger partial charge in [-0.2, -0.15) is 0 Å². The van der Waals surface area contributed by atoms with E-state index in [1.165, 1.54) is 11.3 Å². The van der Waals surface area contributed by atoms with Crippen LogP contribution in [0.4, 0.5) is 5.13 Å². The number of anilines is 1. The number of carbonyl (C=O) groups is 2. The fourth-order valence-corrected chi connectivity index (χ4v) is 2.16. The molecule has 1 rings (SSSR count). The van der Waals surface area contributed by atoms with Gasteiger partial charge in [0, 0.05) is 5.38 Å². The number of rotatable bonds is 3. The molecule has 1 amide bonds. The molecule has 6 heteroatoms. The molecule has 1 unspecified atom stereocenters. The Hall–Kier alpha value is -1.43. The number of carboxylic acids is 1. The molecule has 0 saturated heterocycles. The average Bonchev–Trinajstić information content (AvgIpc) is 2.46. The molecular weight excluding hydrogens is 240 g/mol. The van der Waals surface area contributed by atoms with E-state index in [0.29, 0.717) is 5.13 Å². The summed E-state index contributed by atoms with van der Waals surface area (Å²) in [6.45, 7) is 6.97. The third kappa shape index (κ3) is 3.52. The van der Waals surface area contributed by atoms with Crippen LogP contribution in [-0.4, -0.2) is 22.0 Å². The van der Waals surface area contributed by atoms with Crippen LogP contribution < -0.4 is 5.32 Å². The third-order valence-corrected chi connectivity index (χ3v) is 3.10. The SMILES string of the molecule is Cc1csc(NC(=O)C(C(=O)O)C(C)(C)C)n1. The monoisotopic (exact) mass is 256 g/mol. The topological polar surface area (TPSA) is 79.3 Å². The van der Waals surface area contributed by atoms with E-state index in [0.717, 1.165) is 5.69 Å². The second kappa shape index (κ2) is 4.83. The maximum absolute atomic E-state index is 11.9. The molecule has 1 atom stereocenters. The Morgan fingerprint density at radius 3 is 2.41 bits per heavy atom. The zero-order valence-electron chi connectivity index (χ0n) is 10.3. The molecule has 17 heavy (non-hydrogen) atoms. The molecule has 0 spiro atoms. The van der Waals surface area contributed by atoms with Gasteiger partial charge in [0.15, 0.2) is 5.13 Å².